The maximum atomic E-state index is 12.4. The molecule has 3 N–H and O–H groups in total. The van der Waals surface area contributed by atoms with Crippen molar-refractivity contribution in [1.29, 1.82) is 0 Å². The summed E-state index contributed by atoms with van der Waals surface area (Å²) in [5.41, 5.74) is 5.74. The molecule has 1 spiro atoms. The van der Waals surface area contributed by atoms with Gasteiger partial charge in [0.25, 0.3) is 0 Å². The lowest BCUT2D eigenvalue weighted by Crippen LogP contribution is -2.47. The van der Waals surface area contributed by atoms with Gasteiger partial charge in [-0.3, -0.25) is 4.79 Å². The highest BCUT2D eigenvalue weighted by Crippen LogP contribution is 2.39. The Kier molecular flexibility index (Phi) is 4.15. The van der Waals surface area contributed by atoms with Gasteiger partial charge in [0.15, 0.2) is 0 Å². The van der Waals surface area contributed by atoms with Gasteiger partial charge < -0.3 is 25.8 Å². The lowest BCUT2D eigenvalue weighted by molar-refractivity contribution is -0.132. The van der Waals surface area contributed by atoms with Gasteiger partial charge in [-0.15, -0.1) is 0 Å². The van der Waals surface area contributed by atoms with Crippen LogP contribution in [0.15, 0.2) is 6.07 Å². The van der Waals surface area contributed by atoms with Gasteiger partial charge in [-0.2, -0.15) is 9.97 Å². The molecule has 1 atom stereocenters. The Morgan fingerprint density at radius 1 is 1.08 bits per heavy atom. The molecule has 4 heterocycles. The number of amides is 1. The molecule has 0 bridgehead atoms. The molecule has 3 saturated heterocycles. The van der Waals surface area contributed by atoms with Crippen LogP contribution in [0.3, 0.4) is 0 Å². The van der Waals surface area contributed by atoms with E-state index in [-0.39, 0.29) is 11.3 Å². The predicted octanol–water partition coefficient (Wildman–Crippen LogP) is -0.0829. The van der Waals surface area contributed by atoms with Crippen LogP contribution in [0.1, 0.15) is 19.3 Å². The minimum atomic E-state index is -0.258. The second kappa shape index (κ2) is 6.33. The summed E-state index contributed by atoms with van der Waals surface area (Å²) in [4.78, 5) is 28.1. The molecule has 1 aromatic heterocycles. The first-order valence-electron chi connectivity index (χ1n) is 9.17. The van der Waals surface area contributed by atoms with Crippen LogP contribution in [-0.2, 0) is 4.79 Å². The van der Waals surface area contributed by atoms with Crippen LogP contribution in [0.4, 0.5) is 17.6 Å². The molecule has 4 rings (SSSR count). The molecule has 8 nitrogen and oxygen atoms in total. The van der Waals surface area contributed by atoms with E-state index in [1.807, 2.05) is 6.07 Å². The number of nitrogens with zero attached hydrogens (tertiary/aromatic N) is 5. The van der Waals surface area contributed by atoms with Crippen molar-refractivity contribution in [3.05, 3.63) is 6.07 Å². The maximum Gasteiger partial charge on any atom is 0.228 e. The average molecular weight is 345 g/mol. The number of nitrogens with one attached hydrogen (secondary N) is 1. The summed E-state index contributed by atoms with van der Waals surface area (Å²) in [5.74, 6) is 2.24. The molecule has 0 unspecified atom stereocenters. The van der Waals surface area contributed by atoms with E-state index in [1.165, 1.54) is 0 Å². The SMILES string of the molecule is CN1CCN(c2cc(N3CC[C@]4(CCCNC4=O)C3)nc(N)n2)CC1. The molecule has 0 radical (unpaired) electrons. The Morgan fingerprint density at radius 2 is 1.80 bits per heavy atom. The minimum absolute atomic E-state index is 0.197. The Balaban J connectivity index is 1.54. The van der Waals surface area contributed by atoms with E-state index < -0.39 is 0 Å². The normalized spacial score (nSPS) is 27.8. The van der Waals surface area contributed by atoms with Crippen LogP contribution >= 0.6 is 0 Å². The molecule has 136 valence electrons. The molecule has 0 aliphatic carbocycles. The molecule has 3 fully saturated rings. The molecular formula is C17H27N7O. The number of anilines is 3. The number of nitrogen functional groups attached to an aromatic ring is 1. The van der Waals surface area contributed by atoms with E-state index in [0.717, 1.165) is 76.7 Å². The molecule has 1 aromatic rings. The smallest absolute Gasteiger partial charge is 0.228 e. The zero-order valence-electron chi connectivity index (χ0n) is 14.9. The fraction of sp³-hybridized carbons (Fsp3) is 0.706. The molecule has 8 heteroatoms. The average Bonchev–Trinajstić information content (AvgIpc) is 3.03. The molecule has 0 saturated carbocycles. The van der Waals surface area contributed by atoms with Gasteiger partial charge in [0.2, 0.25) is 11.9 Å². The largest absolute Gasteiger partial charge is 0.368 e. The fourth-order valence-electron chi connectivity index (χ4n) is 4.19. The maximum absolute atomic E-state index is 12.4. The van der Waals surface area contributed by atoms with Gasteiger partial charge in [0, 0.05) is 51.9 Å². The summed E-state index contributed by atoms with van der Waals surface area (Å²) in [6.45, 7) is 6.29. The van der Waals surface area contributed by atoms with Crippen molar-refractivity contribution in [3.63, 3.8) is 0 Å². The third-order valence-corrected chi connectivity index (χ3v) is 5.82. The third kappa shape index (κ3) is 3.10. The fourth-order valence-corrected chi connectivity index (χ4v) is 4.19. The van der Waals surface area contributed by atoms with Gasteiger partial charge in [-0.1, -0.05) is 0 Å². The molecule has 3 aliphatic heterocycles. The van der Waals surface area contributed by atoms with Gasteiger partial charge in [-0.05, 0) is 26.3 Å². The highest BCUT2D eigenvalue weighted by Gasteiger charge is 2.46. The second-order valence-electron chi connectivity index (χ2n) is 7.54. The Morgan fingerprint density at radius 3 is 2.52 bits per heavy atom. The number of likely N-dealkylation sites (N-methyl/N-ethyl adjacent to an activating group) is 1. The van der Waals surface area contributed by atoms with Crippen LogP contribution in [0.2, 0.25) is 0 Å². The minimum Gasteiger partial charge on any atom is -0.368 e. The van der Waals surface area contributed by atoms with Crippen molar-refractivity contribution < 1.29 is 4.79 Å². The number of nitrogens with two attached hydrogens (primary N) is 1. The number of piperidine rings is 1. The molecule has 25 heavy (non-hydrogen) atoms. The lowest BCUT2D eigenvalue weighted by Gasteiger charge is -2.34. The van der Waals surface area contributed by atoms with Gasteiger partial charge in [0.1, 0.15) is 11.6 Å². The number of carbonyl (C=O) groups excluding carboxylic acids is 1. The number of hydrogen-bond donors (Lipinski definition) is 2. The molecule has 1 amide bonds. The quantitative estimate of drug-likeness (QED) is 0.774. The first-order chi connectivity index (χ1) is 12.1. The van der Waals surface area contributed by atoms with E-state index in [2.05, 4.69) is 37.0 Å². The number of aromatic nitrogens is 2. The molecular weight excluding hydrogens is 318 g/mol. The molecule has 3 aliphatic rings. The van der Waals surface area contributed by atoms with Crippen LogP contribution in [0, 0.1) is 5.41 Å². The first-order valence-corrected chi connectivity index (χ1v) is 9.17. The van der Waals surface area contributed by atoms with Crippen molar-refractivity contribution in [3.8, 4) is 0 Å². The highest BCUT2D eigenvalue weighted by molar-refractivity contribution is 5.84. The summed E-state index contributed by atoms with van der Waals surface area (Å²) in [6.07, 6.45) is 2.89. The van der Waals surface area contributed by atoms with Crippen LogP contribution in [0.25, 0.3) is 0 Å². The Labute approximate surface area is 148 Å². The Hall–Kier alpha value is -2.09. The third-order valence-electron chi connectivity index (χ3n) is 5.82. The zero-order chi connectivity index (χ0) is 17.4. The van der Waals surface area contributed by atoms with Crippen LogP contribution in [0.5, 0.6) is 0 Å². The standard InChI is InChI=1S/C17H27N7O/c1-22-7-9-23(10-8-22)13-11-14(21-16(18)20-13)24-6-4-17(12-24)3-2-5-19-15(17)25/h11H,2-10,12H2,1H3,(H,19,25)(H2,18,20,21)/t17-/m1/s1. The summed E-state index contributed by atoms with van der Waals surface area (Å²) in [7, 11) is 2.13. The highest BCUT2D eigenvalue weighted by atomic mass is 16.2. The monoisotopic (exact) mass is 345 g/mol. The number of carbonyl (C=O) groups is 1. The molecule has 0 aromatic carbocycles. The van der Waals surface area contributed by atoms with Crippen LogP contribution in [-0.4, -0.2) is 73.6 Å². The first kappa shape index (κ1) is 16.4. The van der Waals surface area contributed by atoms with E-state index >= 15 is 0 Å². The second-order valence-corrected chi connectivity index (χ2v) is 7.54. The number of piperazine rings is 1. The zero-order valence-corrected chi connectivity index (χ0v) is 14.9. The van der Waals surface area contributed by atoms with E-state index in [1.54, 1.807) is 0 Å². The number of rotatable bonds is 2. The van der Waals surface area contributed by atoms with E-state index in [4.69, 9.17) is 5.73 Å². The summed E-state index contributed by atoms with van der Waals surface area (Å²) in [6, 6.07) is 2.03. The van der Waals surface area contributed by atoms with Gasteiger partial charge >= 0.3 is 0 Å². The van der Waals surface area contributed by atoms with Crippen molar-refractivity contribution >= 4 is 23.5 Å². The van der Waals surface area contributed by atoms with E-state index in [0.29, 0.717) is 5.95 Å². The topological polar surface area (TPSA) is 90.6 Å². The number of hydrogen-bond acceptors (Lipinski definition) is 7. The summed E-state index contributed by atoms with van der Waals surface area (Å²) in [5, 5.41) is 3.03. The Bertz CT molecular complexity index is 658. The van der Waals surface area contributed by atoms with Crippen LogP contribution < -0.4 is 20.9 Å². The summed E-state index contributed by atoms with van der Waals surface area (Å²) < 4.78 is 0. The van der Waals surface area contributed by atoms with E-state index in [9.17, 15) is 4.79 Å². The van der Waals surface area contributed by atoms with Crippen molar-refractivity contribution in [2.24, 2.45) is 5.41 Å². The predicted molar refractivity (Wildman–Crippen MR) is 97.7 cm³/mol. The summed E-state index contributed by atoms with van der Waals surface area (Å²) >= 11 is 0. The van der Waals surface area contributed by atoms with Crippen molar-refractivity contribution in [1.82, 2.24) is 20.2 Å². The van der Waals surface area contributed by atoms with Gasteiger partial charge in [0.05, 0.1) is 5.41 Å². The van der Waals surface area contributed by atoms with Crippen molar-refractivity contribution in [2.75, 3.05) is 68.4 Å². The lowest BCUT2D eigenvalue weighted by atomic mass is 9.79. The van der Waals surface area contributed by atoms with Crippen molar-refractivity contribution in [2.45, 2.75) is 19.3 Å². The van der Waals surface area contributed by atoms with Gasteiger partial charge in [-0.25, -0.2) is 0 Å².